The van der Waals surface area contributed by atoms with Gasteiger partial charge in [0.15, 0.2) is 0 Å². The van der Waals surface area contributed by atoms with Gasteiger partial charge in [-0.2, -0.15) is 0 Å². The van der Waals surface area contributed by atoms with Gasteiger partial charge in [-0.15, -0.1) is 0 Å². The summed E-state index contributed by atoms with van der Waals surface area (Å²) in [4.78, 5) is 4.55. The Morgan fingerprint density at radius 3 is 2.33 bits per heavy atom. The molecule has 104 valence electrons. The van der Waals surface area contributed by atoms with Gasteiger partial charge >= 0.3 is 0 Å². The average Bonchev–Trinajstić information content (AvgIpc) is 2.54. The number of rotatable bonds is 3. The van der Waals surface area contributed by atoms with Crippen molar-refractivity contribution in [1.29, 1.82) is 0 Å². The maximum atomic E-state index is 5.41. The highest BCUT2D eigenvalue weighted by Gasteiger charge is 2.04. The van der Waals surface area contributed by atoms with Crippen molar-refractivity contribution in [2.24, 2.45) is 4.99 Å². The second-order valence-corrected chi connectivity index (χ2v) is 5.88. The second-order valence-electron chi connectivity index (χ2n) is 4.64. The number of methoxy groups -OCH3 is 1. The van der Waals surface area contributed by atoms with Crippen molar-refractivity contribution in [2.75, 3.05) is 7.11 Å². The number of aliphatic imine (C=N–C) groups is 1. The quantitative estimate of drug-likeness (QED) is 0.447. The molecular weight excluding hydrogens is 373 g/mol. The average molecular weight is 387 g/mol. The molecule has 0 fully saturated rings. The molecule has 3 rings (SSSR count). The van der Waals surface area contributed by atoms with E-state index >= 15 is 0 Å². The van der Waals surface area contributed by atoms with Crippen LogP contribution in [0.5, 0.6) is 5.75 Å². The fraction of sp³-hybridized carbons (Fsp3) is 0.0556. The summed E-state index contributed by atoms with van der Waals surface area (Å²) in [5, 5.41) is 2.25. The largest absolute Gasteiger partial charge is 0.496 e. The van der Waals surface area contributed by atoms with Crippen LogP contribution in [0.2, 0.25) is 0 Å². The first kappa shape index (κ1) is 14.1. The van der Waals surface area contributed by atoms with Crippen LogP contribution in [0, 0.1) is 3.57 Å². The molecular formula is C18H14INO. The van der Waals surface area contributed by atoms with Gasteiger partial charge in [0.2, 0.25) is 0 Å². The number of ether oxygens (including phenoxy) is 1. The molecule has 3 heteroatoms. The molecule has 0 unspecified atom stereocenters. The fourth-order valence-electron chi connectivity index (χ4n) is 2.26. The van der Waals surface area contributed by atoms with Crippen molar-refractivity contribution in [1.82, 2.24) is 0 Å². The van der Waals surface area contributed by atoms with Crippen molar-refractivity contribution < 1.29 is 4.74 Å². The standard InChI is InChI=1S/C18H14INO/c1-21-18-11-6-13(16-4-2-3-5-17(16)18)12-20-15-9-7-14(19)8-10-15/h2-12H,1H3. The lowest BCUT2D eigenvalue weighted by Gasteiger charge is -2.07. The minimum absolute atomic E-state index is 0.886. The van der Waals surface area contributed by atoms with E-state index in [1.54, 1.807) is 7.11 Å². The van der Waals surface area contributed by atoms with Gasteiger partial charge in [-0.05, 0) is 64.4 Å². The number of benzene rings is 3. The molecule has 0 aliphatic heterocycles. The Hall–Kier alpha value is -1.88. The van der Waals surface area contributed by atoms with Crippen molar-refractivity contribution in [3.63, 3.8) is 0 Å². The Balaban J connectivity index is 2.03. The highest BCUT2D eigenvalue weighted by atomic mass is 127. The normalized spacial score (nSPS) is 11.1. The van der Waals surface area contributed by atoms with Gasteiger partial charge in [0.25, 0.3) is 0 Å². The Morgan fingerprint density at radius 1 is 0.905 bits per heavy atom. The maximum Gasteiger partial charge on any atom is 0.126 e. The van der Waals surface area contributed by atoms with Crippen LogP contribution in [0.15, 0.2) is 65.7 Å². The summed E-state index contributed by atoms with van der Waals surface area (Å²) in [5.41, 5.74) is 2.04. The SMILES string of the molecule is COc1ccc(C=Nc2ccc(I)cc2)c2ccccc12. The van der Waals surface area contributed by atoms with E-state index in [9.17, 15) is 0 Å². The van der Waals surface area contributed by atoms with E-state index < -0.39 is 0 Å². The lowest BCUT2D eigenvalue weighted by Crippen LogP contribution is -1.89. The van der Waals surface area contributed by atoms with E-state index in [2.05, 4.69) is 51.8 Å². The van der Waals surface area contributed by atoms with E-state index in [1.165, 1.54) is 3.57 Å². The summed E-state index contributed by atoms with van der Waals surface area (Å²) in [6.07, 6.45) is 1.91. The lowest BCUT2D eigenvalue weighted by atomic mass is 10.0. The van der Waals surface area contributed by atoms with Crippen LogP contribution >= 0.6 is 22.6 Å². The summed E-state index contributed by atoms with van der Waals surface area (Å²) >= 11 is 2.29. The zero-order valence-corrected chi connectivity index (χ0v) is 13.7. The second kappa shape index (κ2) is 6.26. The molecule has 3 aromatic carbocycles. The zero-order chi connectivity index (χ0) is 14.7. The predicted octanol–water partition coefficient (Wildman–Crippen LogP) is 5.20. The van der Waals surface area contributed by atoms with E-state index in [0.717, 1.165) is 27.8 Å². The molecule has 0 radical (unpaired) electrons. The van der Waals surface area contributed by atoms with Crippen LogP contribution < -0.4 is 4.74 Å². The number of fused-ring (bicyclic) bond motifs is 1. The summed E-state index contributed by atoms with van der Waals surface area (Å²) in [6, 6.07) is 20.4. The van der Waals surface area contributed by atoms with Crippen LogP contribution in [-0.4, -0.2) is 13.3 Å². The van der Waals surface area contributed by atoms with E-state index in [-0.39, 0.29) is 0 Å². The summed E-state index contributed by atoms with van der Waals surface area (Å²) < 4.78 is 6.62. The molecule has 2 nitrogen and oxygen atoms in total. The van der Waals surface area contributed by atoms with Crippen LogP contribution in [0.4, 0.5) is 5.69 Å². The Bertz CT molecular complexity index is 794. The molecule has 0 saturated carbocycles. The molecule has 3 aromatic rings. The van der Waals surface area contributed by atoms with Crippen LogP contribution in [0.3, 0.4) is 0 Å². The fourth-order valence-corrected chi connectivity index (χ4v) is 2.62. The van der Waals surface area contributed by atoms with E-state index in [4.69, 9.17) is 4.74 Å². The van der Waals surface area contributed by atoms with Gasteiger partial charge in [-0.25, -0.2) is 0 Å². The van der Waals surface area contributed by atoms with E-state index in [1.807, 2.05) is 42.6 Å². The molecule has 0 aliphatic carbocycles. The molecule has 0 spiro atoms. The van der Waals surface area contributed by atoms with Crippen LogP contribution in [-0.2, 0) is 0 Å². The first-order valence-electron chi connectivity index (χ1n) is 6.63. The molecule has 0 aliphatic rings. The summed E-state index contributed by atoms with van der Waals surface area (Å²) in [6.45, 7) is 0. The van der Waals surface area contributed by atoms with E-state index in [0.29, 0.717) is 0 Å². The van der Waals surface area contributed by atoms with Gasteiger partial charge < -0.3 is 4.74 Å². The van der Waals surface area contributed by atoms with Crippen molar-refractivity contribution in [3.8, 4) is 5.75 Å². The third-order valence-corrected chi connectivity index (χ3v) is 4.04. The molecule has 0 atom stereocenters. The minimum atomic E-state index is 0.886. The van der Waals surface area contributed by atoms with Crippen LogP contribution in [0.1, 0.15) is 5.56 Å². The van der Waals surface area contributed by atoms with Gasteiger partial charge in [0, 0.05) is 20.7 Å². The minimum Gasteiger partial charge on any atom is -0.496 e. The van der Waals surface area contributed by atoms with Crippen molar-refractivity contribution in [3.05, 3.63) is 69.8 Å². The smallest absolute Gasteiger partial charge is 0.126 e. The predicted molar refractivity (Wildman–Crippen MR) is 96.9 cm³/mol. The third kappa shape index (κ3) is 3.08. The van der Waals surface area contributed by atoms with Crippen LogP contribution in [0.25, 0.3) is 10.8 Å². The Labute approximate surface area is 137 Å². The number of halogens is 1. The molecule has 0 aromatic heterocycles. The highest BCUT2D eigenvalue weighted by Crippen LogP contribution is 2.27. The molecule has 0 N–H and O–H groups in total. The van der Waals surface area contributed by atoms with Crippen molar-refractivity contribution in [2.45, 2.75) is 0 Å². The summed E-state index contributed by atoms with van der Waals surface area (Å²) in [7, 11) is 1.70. The molecule has 0 bridgehead atoms. The molecule has 0 saturated heterocycles. The monoisotopic (exact) mass is 387 g/mol. The van der Waals surface area contributed by atoms with Gasteiger partial charge in [-0.1, -0.05) is 24.3 Å². The molecule has 0 heterocycles. The number of hydrogen-bond acceptors (Lipinski definition) is 2. The number of hydrogen-bond donors (Lipinski definition) is 0. The zero-order valence-electron chi connectivity index (χ0n) is 11.6. The molecule has 0 amide bonds. The number of nitrogens with zero attached hydrogens (tertiary/aromatic N) is 1. The third-order valence-electron chi connectivity index (χ3n) is 3.32. The van der Waals surface area contributed by atoms with Gasteiger partial charge in [0.1, 0.15) is 5.75 Å². The molecule has 21 heavy (non-hydrogen) atoms. The Kier molecular flexibility index (Phi) is 4.20. The van der Waals surface area contributed by atoms with Crippen molar-refractivity contribution >= 4 is 45.3 Å². The maximum absolute atomic E-state index is 5.41. The van der Waals surface area contributed by atoms with Gasteiger partial charge in [0.05, 0.1) is 12.8 Å². The first-order chi connectivity index (χ1) is 10.3. The first-order valence-corrected chi connectivity index (χ1v) is 7.71. The summed E-state index contributed by atoms with van der Waals surface area (Å²) in [5.74, 6) is 0.886. The highest BCUT2D eigenvalue weighted by molar-refractivity contribution is 14.1. The lowest BCUT2D eigenvalue weighted by molar-refractivity contribution is 0.420. The Morgan fingerprint density at radius 2 is 1.62 bits per heavy atom. The topological polar surface area (TPSA) is 21.6 Å². The van der Waals surface area contributed by atoms with Gasteiger partial charge in [-0.3, -0.25) is 4.99 Å².